The third-order valence-corrected chi connectivity index (χ3v) is 7.46. The number of amides is 1. The van der Waals surface area contributed by atoms with Gasteiger partial charge in [0.2, 0.25) is 15.9 Å². The summed E-state index contributed by atoms with van der Waals surface area (Å²) in [5, 5.41) is 4.67. The molecule has 1 saturated heterocycles. The maximum absolute atomic E-state index is 13.1. The third-order valence-electron chi connectivity index (χ3n) is 4.73. The Labute approximate surface area is 191 Å². The lowest BCUT2D eigenvalue weighted by atomic mass is 10.2. The number of thiophene rings is 1. The highest BCUT2D eigenvalue weighted by Crippen LogP contribution is 2.33. The summed E-state index contributed by atoms with van der Waals surface area (Å²) in [6.07, 6.45) is 3.10. The SMILES string of the molecule is O=C(/C=C/c1cccs1)Nc1cc(S(=O)(=O)N2CCOCC2)ccc1Oc1ccccc1. The average molecular weight is 471 g/mol. The van der Waals surface area contributed by atoms with Crippen LogP contribution in [0.25, 0.3) is 6.08 Å². The lowest BCUT2D eigenvalue weighted by molar-refractivity contribution is -0.111. The van der Waals surface area contributed by atoms with Crippen LogP contribution >= 0.6 is 11.3 Å². The molecule has 0 unspecified atom stereocenters. The normalized spacial score (nSPS) is 15.0. The number of benzene rings is 2. The molecule has 2 aromatic carbocycles. The molecule has 0 radical (unpaired) electrons. The predicted octanol–water partition coefficient (Wildman–Crippen LogP) is 4.21. The molecule has 32 heavy (non-hydrogen) atoms. The fourth-order valence-electron chi connectivity index (χ4n) is 3.13. The van der Waals surface area contributed by atoms with Gasteiger partial charge < -0.3 is 14.8 Å². The zero-order valence-electron chi connectivity index (χ0n) is 17.1. The van der Waals surface area contributed by atoms with Crippen LogP contribution in [0.2, 0.25) is 0 Å². The number of carbonyl (C=O) groups excluding carboxylic acids is 1. The van der Waals surface area contributed by atoms with E-state index in [1.807, 2.05) is 35.7 Å². The van der Waals surface area contributed by atoms with Gasteiger partial charge in [0.25, 0.3) is 0 Å². The molecule has 1 aliphatic heterocycles. The maximum Gasteiger partial charge on any atom is 0.248 e. The van der Waals surface area contributed by atoms with Crippen LogP contribution in [0.4, 0.5) is 5.69 Å². The van der Waals surface area contributed by atoms with Gasteiger partial charge in [-0.2, -0.15) is 4.31 Å². The highest BCUT2D eigenvalue weighted by Gasteiger charge is 2.27. The summed E-state index contributed by atoms with van der Waals surface area (Å²) in [6, 6.07) is 17.3. The largest absolute Gasteiger partial charge is 0.455 e. The van der Waals surface area contributed by atoms with Gasteiger partial charge in [0.1, 0.15) is 5.75 Å². The van der Waals surface area contributed by atoms with Gasteiger partial charge in [-0.3, -0.25) is 4.79 Å². The number of ether oxygens (including phenoxy) is 2. The van der Waals surface area contributed by atoms with Crippen LogP contribution < -0.4 is 10.1 Å². The smallest absolute Gasteiger partial charge is 0.248 e. The van der Waals surface area contributed by atoms with Crippen molar-refractivity contribution in [1.82, 2.24) is 4.31 Å². The minimum absolute atomic E-state index is 0.0809. The Kier molecular flexibility index (Phi) is 7.01. The summed E-state index contributed by atoms with van der Waals surface area (Å²) in [5.41, 5.74) is 0.268. The molecule has 0 bridgehead atoms. The average Bonchev–Trinajstić information content (AvgIpc) is 3.34. The molecule has 0 atom stereocenters. The first-order chi connectivity index (χ1) is 15.5. The van der Waals surface area contributed by atoms with E-state index in [1.165, 1.54) is 33.9 Å². The third kappa shape index (κ3) is 5.43. The molecule has 1 fully saturated rings. The molecule has 2 heterocycles. The molecule has 1 aliphatic rings. The van der Waals surface area contributed by atoms with Crippen molar-refractivity contribution in [3.8, 4) is 11.5 Å². The molecule has 7 nitrogen and oxygen atoms in total. The Morgan fingerprint density at radius 2 is 1.84 bits per heavy atom. The summed E-state index contributed by atoms with van der Waals surface area (Å²) in [4.78, 5) is 13.6. The monoisotopic (exact) mass is 470 g/mol. The number of nitrogens with one attached hydrogen (secondary N) is 1. The Hall–Kier alpha value is -2.98. The molecular weight excluding hydrogens is 448 g/mol. The molecule has 1 N–H and O–H groups in total. The molecule has 0 aliphatic carbocycles. The second-order valence-corrected chi connectivity index (χ2v) is 9.84. The Bertz CT molecular complexity index is 1190. The number of hydrogen-bond acceptors (Lipinski definition) is 6. The number of hydrogen-bond donors (Lipinski definition) is 1. The molecule has 1 aromatic heterocycles. The van der Waals surface area contributed by atoms with Gasteiger partial charge in [0.15, 0.2) is 5.75 Å². The summed E-state index contributed by atoms with van der Waals surface area (Å²) in [7, 11) is -3.73. The first-order valence-corrected chi connectivity index (χ1v) is 12.3. The van der Waals surface area contributed by atoms with Gasteiger partial charge in [0.05, 0.1) is 23.8 Å². The van der Waals surface area contributed by atoms with Crippen LogP contribution in [-0.4, -0.2) is 44.9 Å². The second-order valence-electron chi connectivity index (χ2n) is 6.93. The minimum Gasteiger partial charge on any atom is -0.455 e. The second kappa shape index (κ2) is 10.1. The van der Waals surface area contributed by atoms with Gasteiger partial charge in [0, 0.05) is 24.0 Å². The van der Waals surface area contributed by atoms with Crippen LogP contribution in [0, 0.1) is 0 Å². The van der Waals surface area contributed by atoms with Crippen molar-refractivity contribution in [2.24, 2.45) is 0 Å². The van der Waals surface area contributed by atoms with E-state index in [2.05, 4.69) is 5.32 Å². The van der Waals surface area contributed by atoms with Crippen molar-refractivity contribution in [3.05, 3.63) is 77.0 Å². The van der Waals surface area contributed by atoms with Gasteiger partial charge in [-0.25, -0.2) is 8.42 Å². The molecule has 0 spiro atoms. The number of anilines is 1. The maximum atomic E-state index is 13.1. The van der Waals surface area contributed by atoms with Crippen molar-refractivity contribution in [3.63, 3.8) is 0 Å². The van der Waals surface area contributed by atoms with Crippen LogP contribution in [0.15, 0.2) is 77.0 Å². The molecular formula is C23H22N2O5S2. The molecule has 9 heteroatoms. The van der Waals surface area contributed by atoms with Crippen LogP contribution in [-0.2, 0) is 19.6 Å². The number of carbonyl (C=O) groups is 1. The van der Waals surface area contributed by atoms with E-state index in [0.717, 1.165) is 4.88 Å². The zero-order valence-corrected chi connectivity index (χ0v) is 18.8. The molecule has 4 rings (SSSR count). The highest BCUT2D eigenvalue weighted by atomic mass is 32.2. The van der Waals surface area contributed by atoms with E-state index in [-0.39, 0.29) is 23.7 Å². The van der Waals surface area contributed by atoms with Crippen molar-refractivity contribution < 1.29 is 22.7 Å². The quantitative estimate of drug-likeness (QED) is 0.523. The van der Waals surface area contributed by atoms with Crippen LogP contribution in [0.1, 0.15) is 4.88 Å². The van der Waals surface area contributed by atoms with E-state index >= 15 is 0 Å². The number of morpholine rings is 1. The number of sulfonamides is 1. The first-order valence-electron chi connectivity index (χ1n) is 10.00. The van der Waals surface area contributed by atoms with Gasteiger partial charge >= 0.3 is 0 Å². The minimum atomic E-state index is -3.73. The van der Waals surface area contributed by atoms with Crippen molar-refractivity contribution in [2.75, 3.05) is 31.6 Å². The molecule has 166 valence electrons. The zero-order chi connectivity index (χ0) is 22.4. The Balaban J connectivity index is 1.63. The van der Waals surface area contributed by atoms with Gasteiger partial charge in [-0.1, -0.05) is 24.3 Å². The fourth-order valence-corrected chi connectivity index (χ4v) is 5.18. The summed E-state index contributed by atoms with van der Waals surface area (Å²) >= 11 is 1.51. The fraction of sp³-hybridized carbons (Fsp3) is 0.174. The van der Waals surface area contributed by atoms with E-state index < -0.39 is 15.9 Å². The van der Waals surface area contributed by atoms with E-state index in [4.69, 9.17) is 9.47 Å². The van der Waals surface area contributed by atoms with Crippen molar-refractivity contribution in [1.29, 1.82) is 0 Å². The van der Waals surface area contributed by atoms with Gasteiger partial charge in [-0.05, 0) is 47.9 Å². The van der Waals surface area contributed by atoms with Crippen molar-refractivity contribution >= 4 is 39.0 Å². The topological polar surface area (TPSA) is 84.9 Å². The summed E-state index contributed by atoms with van der Waals surface area (Å²) in [5.74, 6) is 0.521. The summed E-state index contributed by atoms with van der Waals surface area (Å²) in [6.45, 7) is 1.28. The number of rotatable bonds is 7. The van der Waals surface area contributed by atoms with E-state index in [1.54, 1.807) is 24.3 Å². The van der Waals surface area contributed by atoms with Crippen molar-refractivity contribution in [2.45, 2.75) is 4.90 Å². The van der Waals surface area contributed by atoms with E-state index in [9.17, 15) is 13.2 Å². The lowest BCUT2D eigenvalue weighted by Gasteiger charge is -2.26. The van der Waals surface area contributed by atoms with E-state index in [0.29, 0.717) is 24.7 Å². The lowest BCUT2D eigenvalue weighted by Crippen LogP contribution is -2.40. The Morgan fingerprint density at radius 1 is 1.06 bits per heavy atom. The highest BCUT2D eigenvalue weighted by molar-refractivity contribution is 7.89. The number of nitrogens with zero attached hydrogens (tertiary/aromatic N) is 1. The summed E-state index contributed by atoms with van der Waals surface area (Å²) < 4.78 is 38.7. The van der Waals surface area contributed by atoms with Crippen LogP contribution in [0.3, 0.4) is 0 Å². The predicted molar refractivity (Wildman–Crippen MR) is 125 cm³/mol. The molecule has 3 aromatic rings. The van der Waals surface area contributed by atoms with Crippen LogP contribution in [0.5, 0.6) is 11.5 Å². The standard InChI is InChI=1S/C23H22N2O5S2/c26-23(11-8-19-7-4-16-31-19)24-21-17-20(32(27,28)25-12-14-29-15-13-25)9-10-22(21)30-18-5-2-1-3-6-18/h1-11,16-17H,12-15H2,(H,24,26)/b11-8+. The first kappa shape index (κ1) is 22.2. The Morgan fingerprint density at radius 3 is 2.56 bits per heavy atom. The molecule has 0 saturated carbocycles. The number of para-hydroxylation sites is 1. The van der Waals surface area contributed by atoms with Gasteiger partial charge in [-0.15, -0.1) is 11.3 Å². The molecule has 1 amide bonds.